The number of halogens is 3. The third-order valence-electron chi connectivity index (χ3n) is 4.01. The number of nitrogens with zero attached hydrogens (tertiary/aromatic N) is 1. The highest BCUT2D eigenvalue weighted by Gasteiger charge is 2.26. The van der Waals surface area contributed by atoms with Crippen molar-refractivity contribution in [3.05, 3.63) is 28.6 Å². The lowest BCUT2D eigenvalue weighted by atomic mass is 10.2. The van der Waals surface area contributed by atoms with Crippen molar-refractivity contribution in [1.82, 2.24) is 9.71 Å². The summed E-state index contributed by atoms with van der Waals surface area (Å²) in [5.74, 6) is 0.109. The Morgan fingerprint density at radius 2 is 1.94 bits per heavy atom. The minimum atomic E-state index is -4.32. The van der Waals surface area contributed by atoms with Crippen LogP contribution >= 0.6 is 23.1 Å². The zero-order valence-corrected chi connectivity index (χ0v) is 19.9. The van der Waals surface area contributed by atoms with Crippen LogP contribution < -0.4 is 15.4 Å². The van der Waals surface area contributed by atoms with Crippen LogP contribution in [0.2, 0.25) is 0 Å². The molecule has 2 heterocycles. The second-order valence-electron chi connectivity index (χ2n) is 6.54. The highest BCUT2D eigenvalue weighted by Crippen LogP contribution is 2.27. The van der Waals surface area contributed by atoms with Gasteiger partial charge in [-0.25, -0.2) is 22.9 Å². The van der Waals surface area contributed by atoms with E-state index in [0.717, 1.165) is 21.8 Å². The topological polar surface area (TPSA) is 109 Å². The van der Waals surface area contributed by atoms with E-state index in [-0.39, 0.29) is 15.8 Å². The van der Waals surface area contributed by atoms with Crippen molar-refractivity contribution < 1.29 is 31.1 Å². The largest absolute Gasteiger partial charge is 0.390 e. The van der Waals surface area contributed by atoms with E-state index in [1.807, 2.05) is 4.72 Å². The molecular formula is C18H23F3N4O4S3. The second-order valence-corrected chi connectivity index (χ2v) is 10.5. The van der Waals surface area contributed by atoms with Crippen LogP contribution in [0.4, 0.5) is 29.6 Å². The molecule has 0 aliphatic rings. The molecule has 2 rings (SSSR count). The molecule has 0 fully saturated rings. The van der Waals surface area contributed by atoms with Crippen molar-refractivity contribution in [2.75, 3.05) is 37.2 Å². The third kappa shape index (κ3) is 8.15. The smallest absolute Gasteiger partial charge is 0.384 e. The van der Waals surface area contributed by atoms with Crippen LogP contribution in [0.25, 0.3) is 0 Å². The van der Waals surface area contributed by atoms with Gasteiger partial charge in [0.2, 0.25) is 0 Å². The monoisotopic (exact) mass is 512 g/mol. The fourth-order valence-corrected chi connectivity index (χ4v) is 5.42. The standard InChI is InChI=1S/C18H23F3N4O4S3/c1-11-8-16(31-13(11)4-7-29-2)32(27,28)25-17(26)24-15-10-12(30-3)9-14(23-15)22-6-5-18(19,20)21/h8-10H,4-7H2,1-3H3,(H3,22,23,24,25,26). The lowest BCUT2D eigenvalue weighted by molar-refractivity contribution is -0.131. The molecule has 8 nitrogen and oxygen atoms in total. The Balaban J connectivity index is 2.08. The molecule has 2 amide bonds. The number of hydrogen-bond acceptors (Lipinski definition) is 8. The van der Waals surface area contributed by atoms with Gasteiger partial charge >= 0.3 is 12.2 Å². The lowest BCUT2D eigenvalue weighted by Crippen LogP contribution is -2.34. The zero-order chi connectivity index (χ0) is 23.9. The fraction of sp³-hybridized carbons (Fsp3) is 0.444. The number of nitrogens with one attached hydrogen (secondary N) is 3. The van der Waals surface area contributed by atoms with E-state index in [2.05, 4.69) is 15.6 Å². The van der Waals surface area contributed by atoms with Gasteiger partial charge in [-0.1, -0.05) is 0 Å². The van der Waals surface area contributed by atoms with Crippen LogP contribution in [0, 0.1) is 6.92 Å². The van der Waals surface area contributed by atoms with E-state index in [0.29, 0.717) is 17.9 Å². The molecule has 178 valence electrons. The van der Waals surface area contributed by atoms with Crippen LogP contribution in [0.1, 0.15) is 16.9 Å². The summed E-state index contributed by atoms with van der Waals surface area (Å²) in [5, 5.41) is 4.86. The van der Waals surface area contributed by atoms with Crippen molar-refractivity contribution in [3.8, 4) is 0 Å². The summed E-state index contributed by atoms with van der Waals surface area (Å²) in [6.45, 7) is 1.81. The normalized spacial score (nSPS) is 11.9. The number of carbonyl (C=O) groups is 1. The molecule has 0 saturated heterocycles. The molecule has 0 aliphatic heterocycles. The average molecular weight is 513 g/mol. The first-order valence-electron chi connectivity index (χ1n) is 9.22. The third-order valence-corrected chi connectivity index (χ3v) is 7.82. The van der Waals surface area contributed by atoms with Gasteiger partial charge in [-0.3, -0.25) is 5.32 Å². The predicted octanol–water partition coefficient (Wildman–Crippen LogP) is 4.24. The molecule has 0 spiro atoms. The van der Waals surface area contributed by atoms with Crippen LogP contribution in [-0.4, -0.2) is 52.1 Å². The number of sulfonamides is 1. The number of carbonyl (C=O) groups excluding carboxylic acids is 1. The highest BCUT2D eigenvalue weighted by atomic mass is 32.2. The number of rotatable bonds is 10. The summed E-state index contributed by atoms with van der Waals surface area (Å²) in [4.78, 5) is 17.8. The molecule has 0 unspecified atom stereocenters. The Morgan fingerprint density at radius 1 is 1.25 bits per heavy atom. The van der Waals surface area contributed by atoms with Crippen LogP contribution in [-0.2, 0) is 21.2 Å². The van der Waals surface area contributed by atoms with Crippen LogP contribution in [0.3, 0.4) is 0 Å². The zero-order valence-electron chi connectivity index (χ0n) is 17.5. The molecule has 0 aliphatic carbocycles. The molecule has 0 saturated carbocycles. The Kier molecular flexibility index (Phi) is 9.18. The van der Waals surface area contributed by atoms with Crippen molar-refractivity contribution in [1.29, 1.82) is 0 Å². The second kappa shape index (κ2) is 11.2. The van der Waals surface area contributed by atoms with Crippen LogP contribution in [0.5, 0.6) is 0 Å². The maximum atomic E-state index is 12.6. The molecule has 2 aromatic rings. The lowest BCUT2D eigenvalue weighted by Gasteiger charge is -2.12. The fourth-order valence-electron chi connectivity index (χ4n) is 2.49. The van der Waals surface area contributed by atoms with Gasteiger partial charge in [-0.05, 0) is 36.9 Å². The number of aromatic nitrogens is 1. The molecule has 2 aromatic heterocycles. The Hall–Kier alpha value is -2.03. The first-order chi connectivity index (χ1) is 14.9. The first-order valence-corrected chi connectivity index (χ1v) is 12.7. The minimum absolute atomic E-state index is 0.0118. The number of methoxy groups -OCH3 is 1. The number of pyridine rings is 1. The SMILES string of the molecule is COCCc1sc(S(=O)(=O)NC(=O)Nc2cc(SC)cc(NCCC(F)(F)F)n2)cc1C. The molecule has 0 aromatic carbocycles. The number of amides is 2. The number of thiophene rings is 1. The van der Waals surface area contributed by atoms with E-state index in [4.69, 9.17) is 4.74 Å². The van der Waals surface area contributed by atoms with Gasteiger partial charge < -0.3 is 10.1 Å². The molecule has 0 bridgehead atoms. The number of thioether (sulfide) groups is 1. The van der Waals surface area contributed by atoms with Crippen molar-refractivity contribution in [2.24, 2.45) is 0 Å². The summed E-state index contributed by atoms with van der Waals surface area (Å²) in [6.07, 6.45) is -3.08. The molecular weight excluding hydrogens is 489 g/mol. The quantitative estimate of drug-likeness (QED) is 0.409. The van der Waals surface area contributed by atoms with E-state index in [1.165, 1.54) is 30.0 Å². The number of hydrogen-bond donors (Lipinski definition) is 3. The van der Waals surface area contributed by atoms with Gasteiger partial charge in [0.05, 0.1) is 13.0 Å². The van der Waals surface area contributed by atoms with Crippen molar-refractivity contribution >= 4 is 50.8 Å². The van der Waals surface area contributed by atoms with Crippen LogP contribution in [0.15, 0.2) is 27.3 Å². The maximum Gasteiger partial charge on any atom is 0.390 e. The molecule has 0 atom stereocenters. The molecule has 0 radical (unpaired) electrons. The van der Waals surface area contributed by atoms with Gasteiger partial charge in [0.1, 0.15) is 15.8 Å². The van der Waals surface area contributed by atoms with Gasteiger partial charge in [0, 0.05) is 29.8 Å². The van der Waals surface area contributed by atoms with E-state index in [9.17, 15) is 26.4 Å². The van der Waals surface area contributed by atoms with Gasteiger partial charge in [0.25, 0.3) is 10.0 Å². The minimum Gasteiger partial charge on any atom is -0.384 e. The van der Waals surface area contributed by atoms with Crippen molar-refractivity contribution in [2.45, 2.75) is 35.0 Å². The van der Waals surface area contributed by atoms with Gasteiger partial charge in [0.15, 0.2) is 0 Å². The maximum absolute atomic E-state index is 12.6. The average Bonchev–Trinajstić information content (AvgIpc) is 3.06. The highest BCUT2D eigenvalue weighted by molar-refractivity contribution is 7.98. The molecule has 32 heavy (non-hydrogen) atoms. The molecule has 3 N–H and O–H groups in total. The van der Waals surface area contributed by atoms with Gasteiger partial charge in [-0.2, -0.15) is 13.2 Å². The summed E-state index contributed by atoms with van der Waals surface area (Å²) in [7, 11) is -2.58. The summed E-state index contributed by atoms with van der Waals surface area (Å²) in [6, 6.07) is 3.43. The summed E-state index contributed by atoms with van der Waals surface area (Å²) < 4.78 is 69.1. The summed E-state index contributed by atoms with van der Waals surface area (Å²) >= 11 is 2.33. The number of alkyl halides is 3. The number of anilines is 2. The first kappa shape index (κ1) is 26.2. The number of aryl methyl sites for hydroxylation is 1. The Morgan fingerprint density at radius 3 is 2.56 bits per heavy atom. The number of ether oxygens (including phenoxy) is 1. The van der Waals surface area contributed by atoms with Gasteiger partial charge in [-0.15, -0.1) is 23.1 Å². The number of urea groups is 1. The molecule has 14 heteroatoms. The predicted molar refractivity (Wildman–Crippen MR) is 119 cm³/mol. The van der Waals surface area contributed by atoms with E-state index < -0.39 is 35.2 Å². The van der Waals surface area contributed by atoms with Crippen molar-refractivity contribution in [3.63, 3.8) is 0 Å². The Labute approximate surface area is 192 Å². The summed E-state index contributed by atoms with van der Waals surface area (Å²) in [5.41, 5.74) is 0.775. The van der Waals surface area contributed by atoms with E-state index in [1.54, 1.807) is 20.3 Å². The van der Waals surface area contributed by atoms with E-state index >= 15 is 0 Å². The Bertz CT molecular complexity index is 1040.